The van der Waals surface area contributed by atoms with Crippen LogP contribution in [0.4, 0.5) is 17.2 Å². The normalized spacial score (nSPS) is 11.5. The molecule has 0 radical (unpaired) electrons. The van der Waals surface area contributed by atoms with Gasteiger partial charge in [-0.15, -0.1) is 15.3 Å². The molecule has 9 nitrogen and oxygen atoms in total. The van der Waals surface area contributed by atoms with Gasteiger partial charge in [-0.05, 0) is 67.6 Å². The number of methoxy groups -OCH3 is 1. The topological polar surface area (TPSA) is 111 Å². The fraction of sp³-hybridized carbons (Fsp3) is 0.0690. The van der Waals surface area contributed by atoms with Crippen LogP contribution in [0.5, 0.6) is 5.75 Å². The van der Waals surface area contributed by atoms with Gasteiger partial charge in [0.25, 0.3) is 10.0 Å². The molecular formula is C29H24N6O3S. The minimum Gasteiger partial charge on any atom is -0.497 e. The van der Waals surface area contributed by atoms with Crippen LogP contribution in [0.3, 0.4) is 0 Å². The Morgan fingerprint density at radius 2 is 1.44 bits per heavy atom. The number of nitrogens with zero attached hydrogens (tertiary/aromatic N) is 4. The van der Waals surface area contributed by atoms with Crippen LogP contribution in [0.1, 0.15) is 5.56 Å². The lowest BCUT2D eigenvalue weighted by molar-refractivity contribution is 0.415. The Morgan fingerprint density at radius 1 is 0.769 bits per heavy atom. The molecular weight excluding hydrogens is 512 g/mol. The second-order valence-corrected chi connectivity index (χ2v) is 10.7. The van der Waals surface area contributed by atoms with E-state index in [2.05, 4.69) is 20.2 Å². The second-order valence-electron chi connectivity index (χ2n) is 9.00. The molecule has 10 heteroatoms. The highest BCUT2D eigenvalue weighted by Crippen LogP contribution is 2.30. The van der Waals surface area contributed by atoms with E-state index in [1.54, 1.807) is 60.2 Å². The molecule has 0 fully saturated rings. The quantitative estimate of drug-likeness (QED) is 0.265. The lowest BCUT2D eigenvalue weighted by Gasteiger charge is -2.12. The summed E-state index contributed by atoms with van der Waals surface area (Å²) in [5.41, 5.74) is 3.68. The van der Waals surface area contributed by atoms with Gasteiger partial charge in [0.15, 0.2) is 17.3 Å². The molecule has 0 saturated carbocycles. The molecule has 39 heavy (non-hydrogen) atoms. The van der Waals surface area contributed by atoms with Crippen molar-refractivity contribution in [2.45, 2.75) is 11.8 Å². The van der Waals surface area contributed by atoms with Crippen LogP contribution in [-0.2, 0) is 10.0 Å². The third-order valence-corrected chi connectivity index (χ3v) is 7.74. The summed E-state index contributed by atoms with van der Waals surface area (Å²) in [5, 5.41) is 18.8. The Bertz CT molecular complexity index is 1900. The number of nitrogens with one attached hydrogen (secondary N) is 2. The Hall–Kier alpha value is -4.96. The van der Waals surface area contributed by atoms with Crippen LogP contribution in [0.2, 0.25) is 0 Å². The zero-order valence-electron chi connectivity index (χ0n) is 21.2. The van der Waals surface area contributed by atoms with Crippen LogP contribution in [0.15, 0.2) is 102 Å². The number of sulfonamides is 1. The number of hydrogen-bond acceptors (Lipinski definition) is 7. The highest BCUT2D eigenvalue weighted by atomic mass is 32.2. The maximum atomic E-state index is 12.8. The summed E-state index contributed by atoms with van der Waals surface area (Å²) in [5.74, 6) is 1.96. The first-order valence-corrected chi connectivity index (χ1v) is 13.6. The zero-order valence-corrected chi connectivity index (χ0v) is 22.0. The van der Waals surface area contributed by atoms with Gasteiger partial charge in [0.05, 0.1) is 12.0 Å². The number of fused-ring (bicyclic) bond motifs is 3. The van der Waals surface area contributed by atoms with Crippen molar-refractivity contribution in [2.24, 2.45) is 0 Å². The molecule has 0 aliphatic carbocycles. The zero-order chi connectivity index (χ0) is 27.0. The van der Waals surface area contributed by atoms with E-state index in [1.165, 1.54) is 0 Å². The lowest BCUT2D eigenvalue weighted by atomic mass is 10.1. The molecule has 2 heterocycles. The molecule has 0 aliphatic heterocycles. The third kappa shape index (κ3) is 4.73. The predicted octanol–water partition coefficient (Wildman–Crippen LogP) is 5.81. The lowest BCUT2D eigenvalue weighted by Crippen LogP contribution is -2.12. The summed E-state index contributed by atoms with van der Waals surface area (Å²) in [4.78, 5) is 0.209. The molecule has 4 aromatic carbocycles. The fourth-order valence-corrected chi connectivity index (χ4v) is 5.34. The number of anilines is 3. The van der Waals surface area contributed by atoms with Gasteiger partial charge in [-0.25, -0.2) is 8.42 Å². The van der Waals surface area contributed by atoms with Gasteiger partial charge in [0.1, 0.15) is 5.75 Å². The van der Waals surface area contributed by atoms with Gasteiger partial charge in [0.2, 0.25) is 0 Å². The van der Waals surface area contributed by atoms with Crippen molar-refractivity contribution in [1.82, 2.24) is 19.8 Å². The highest BCUT2D eigenvalue weighted by molar-refractivity contribution is 7.92. The fourth-order valence-electron chi connectivity index (χ4n) is 4.28. The van der Waals surface area contributed by atoms with Gasteiger partial charge < -0.3 is 10.1 Å². The van der Waals surface area contributed by atoms with E-state index >= 15 is 0 Å². The van der Waals surface area contributed by atoms with E-state index in [1.807, 2.05) is 55.5 Å². The van der Waals surface area contributed by atoms with E-state index < -0.39 is 10.0 Å². The molecule has 6 aromatic rings. The smallest absolute Gasteiger partial charge is 0.261 e. The third-order valence-electron chi connectivity index (χ3n) is 6.34. The second kappa shape index (κ2) is 9.73. The first-order chi connectivity index (χ1) is 18.9. The van der Waals surface area contributed by atoms with Crippen molar-refractivity contribution in [2.75, 3.05) is 17.1 Å². The standard InChI is InChI=1S/C29H24N6O3S/c1-19-7-17-24(18-8-19)39(36,37)34-22-13-11-21(12-14-22)30-27-25-5-3-4-6-26(25)29-32-31-28(35(29)33-27)20-9-15-23(38-2)16-10-20/h3-18,34H,1-2H3,(H,30,33). The molecule has 0 aliphatic rings. The van der Waals surface area contributed by atoms with Gasteiger partial charge in [-0.3, -0.25) is 4.72 Å². The van der Waals surface area contributed by atoms with E-state index in [9.17, 15) is 8.42 Å². The number of aromatic nitrogens is 4. The molecule has 0 spiro atoms. The first-order valence-electron chi connectivity index (χ1n) is 12.2. The average molecular weight is 537 g/mol. The largest absolute Gasteiger partial charge is 0.497 e. The van der Waals surface area contributed by atoms with Gasteiger partial charge >= 0.3 is 0 Å². The number of benzene rings is 4. The molecule has 0 amide bonds. The minimum atomic E-state index is -3.69. The van der Waals surface area contributed by atoms with Crippen molar-refractivity contribution in [3.63, 3.8) is 0 Å². The predicted molar refractivity (Wildman–Crippen MR) is 152 cm³/mol. The van der Waals surface area contributed by atoms with E-state index in [0.29, 0.717) is 23.0 Å². The van der Waals surface area contributed by atoms with Crippen LogP contribution in [-0.4, -0.2) is 35.3 Å². The molecule has 6 rings (SSSR count). The number of rotatable bonds is 7. The van der Waals surface area contributed by atoms with Crippen LogP contribution >= 0.6 is 0 Å². The molecule has 0 bridgehead atoms. The van der Waals surface area contributed by atoms with Gasteiger partial charge in [-0.1, -0.05) is 42.0 Å². The van der Waals surface area contributed by atoms with Gasteiger partial charge in [0, 0.05) is 27.7 Å². The summed E-state index contributed by atoms with van der Waals surface area (Å²) in [6.45, 7) is 1.91. The summed E-state index contributed by atoms with van der Waals surface area (Å²) < 4.78 is 35.1. The Kier molecular flexibility index (Phi) is 6.08. The summed E-state index contributed by atoms with van der Waals surface area (Å²) >= 11 is 0. The average Bonchev–Trinajstić information content (AvgIpc) is 3.38. The highest BCUT2D eigenvalue weighted by Gasteiger charge is 2.17. The Balaban J connectivity index is 1.33. The van der Waals surface area contributed by atoms with Gasteiger partial charge in [-0.2, -0.15) is 4.52 Å². The first kappa shape index (κ1) is 24.4. The maximum Gasteiger partial charge on any atom is 0.261 e. The summed E-state index contributed by atoms with van der Waals surface area (Å²) in [6.07, 6.45) is 0. The van der Waals surface area contributed by atoms with Crippen molar-refractivity contribution in [3.8, 4) is 17.1 Å². The minimum absolute atomic E-state index is 0.209. The number of ether oxygens (including phenoxy) is 1. The maximum absolute atomic E-state index is 12.8. The monoisotopic (exact) mass is 536 g/mol. The van der Waals surface area contributed by atoms with Crippen molar-refractivity contribution >= 4 is 43.6 Å². The molecule has 0 saturated heterocycles. The van der Waals surface area contributed by atoms with Crippen molar-refractivity contribution < 1.29 is 13.2 Å². The molecule has 0 atom stereocenters. The van der Waals surface area contributed by atoms with Crippen molar-refractivity contribution in [1.29, 1.82) is 0 Å². The van der Waals surface area contributed by atoms with Crippen LogP contribution in [0.25, 0.3) is 27.8 Å². The Labute approximate surface area is 225 Å². The van der Waals surface area contributed by atoms with E-state index in [4.69, 9.17) is 9.84 Å². The molecule has 0 unspecified atom stereocenters. The van der Waals surface area contributed by atoms with Crippen molar-refractivity contribution in [3.05, 3.63) is 103 Å². The molecule has 2 N–H and O–H groups in total. The Morgan fingerprint density at radius 3 is 2.13 bits per heavy atom. The van der Waals surface area contributed by atoms with E-state index in [-0.39, 0.29) is 4.90 Å². The summed E-state index contributed by atoms with van der Waals surface area (Å²) in [7, 11) is -2.07. The molecule has 194 valence electrons. The van der Waals surface area contributed by atoms with Crippen LogP contribution < -0.4 is 14.8 Å². The number of hydrogen-bond donors (Lipinski definition) is 2. The number of aryl methyl sites for hydroxylation is 1. The van der Waals surface area contributed by atoms with Crippen LogP contribution in [0, 0.1) is 6.92 Å². The SMILES string of the molecule is COc1ccc(-c2nnc3c4ccccc4c(Nc4ccc(NS(=O)(=O)c5ccc(C)cc5)cc4)nn23)cc1. The molecule has 2 aromatic heterocycles. The summed E-state index contributed by atoms with van der Waals surface area (Å²) in [6, 6.07) is 29.1. The van der Waals surface area contributed by atoms with E-state index in [0.717, 1.165) is 33.3 Å².